The Morgan fingerprint density at radius 3 is 2.33 bits per heavy atom. The zero-order valence-corrected chi connectivity index (χ0v) is 11.0. The number of amides is 1. The molecule has 1 rings (SSSR count). The van der Waals surface area contributed by atoms with Crippen molar-refractivity contribution in [1.82, 2.24) is 9.80 Å². The van der Waals surface area contributed by atoms with Crippen LogP contribution in [-0.2, 0) is 9.59 Å². The Kier molecular flexibility index (Phi) is 6.07. The number of piperazine rings is 1. The van der Waals surface area contributed by atoms with Gasteiger partial charge in [0.05, 0.1) is 0 Å². The molecule has 0 saturated carbocycles. The highest BCUT2D eigenvalue weighted by Crippen LogP contribution is 2.09. The average molecular weight is 257 g/mol. The fourth-order valence-corrected chi connectivity index (χ4v) is 2.09. The number of nitrogens with two attached hydrogens (primary N) is 1. The highest BCUT2D eigenvalue weighted by molar-refractivity contribution is 5.76. The Balaban J connectivity index is 2.30. The van der Waals surface area contributed by atoms with Gasteiger partial charge in [-0.25, -0.2) is 0 Å². The summed E-state index contributed by atoms with van der Waals surface area (Å²) in [4.78, 5) is 26.4. The third-order valence-electron chi connectivity index (χ3n) is 3.42. The van der Waals surface area contributed by atoms with Gasteiger partial charge in [0.25, 0.3) is 0 Å². The molecule has 1 unspecified atom stereocenters. The predicted molar refractivity (Wildman–Crippen MR) is 68.2 cm³/mol. The van der Waals surface area contributed by atoms with Gasteiger partial charge in [-0.3, -0.25) is 14.5 Å². The molecule has 6 heteroatoms. The minimum Gasteiger partial charge on any atom is -0.480 e. The third-order valence-corrected chi connectivity index (χ3v) is 3.42. The van der Waals surface area contributed by atoms with E-state index in [1.165, 1.54) is 0 Å². The number of carboxylic acid groups (broad SMARTS) is 1. The predicted octanol–water partition coefficient (Wildman–Crippen LogP) is -0.267. The summed E-state index contributed by atoms with van der Waals surface area (Å²) in [6.07, 6.45) is 2.26. The molecule has 104 valence electrons. The first-order chi connectivity index (χ1) is 8.56. The molecule has 1 saturated heterocycles. The lowest BCUT2D eigenvalue weighted by molar-refractivity contribution is -0.144. The molecule has 18 heavy (non-hydrogen) atoms. The van der Waals surface area contributed by atoms with Crippen LogP contribution in [0.15, 0.2) is 0 Å². The van der Waals surface area contributed by atoms with Gasteiger partial charge in [-0.15, -0.1) is 0 Å². The van der Waals surface area contributed by atoms with E-state index >= 15 is 0 Å². The smallest absolute Gasteiger partial charge is 0.320 e. The summed E-state index contributed by atoms with van der Waals surface area (Å²) in [5, 5.41) is 8.92. The third kappa shape index (κ3) is 4.27. The number of hydrogen-bond acceptors (Lipinski definition) is 4. The highest BCUT2D eigenvalue weighted by Gasteiger charge is 2.26. The van der Waals surface area contributed by atoms with Crippen molar-refractivity contribution in [3.8, 4) is 0 Å². The molecule has 1 atom stereocenters. The molecule has 0 bridgehead atoms. The molecule has 1 aliphatic rings. The van der Waals surface area contributed by atoms with Crippen molar-refractivity contribution in [3.63, 3.8) is 0 Å². The maximum Gasteiger partial charge on any atom is 0.320 e. The molecule has 0 aliphatic carbocycles. The van der Waals surface area contributed by atoms with Crippen LogP contribution in [0.2, 0.25) is 0 Å². The molecule has 1 fully saturated rings. The lowest BCUT2D eigenvalue weighted by atomic mass is 10.2. The van der Waals surface area contributed by atoms with Gasteiger partial charge in [-0.2, -0.15) is 0 Å². The van der Waals surface area contributed by atoms with Crippen LogP contribution in [-0.4, -0.2) is 65.5 Å². The molecule has 0 aromatic carbocycles. The number of carbonyl (C=O) groups is 2. The lowest BCUT2D eigenvalue weighted by Gasteiger charge is -2.36. The molecule has 0 aromatic rings. The summed E-state index contributed by atoms with van der Waals surface area (Å²) in [5.41, 5.74) is 5.39. The Morgan fingerprint density at radius 2 is 1.83 bits per heavy atom. The van der Waals surface area contributed by atoms with E-state index in [1.54, 1.807) is 6.92 Å². The highest BCUT2D eigenvalue weighted by atomic mass is 16.4. The van der Waals surface area contributed by atoms with E-state index in [4.69, 9.17) is 10.8 Å². The van der Waals surface area contributed by atoms with E-state index < -0.39 is 12.0 Å². The van der Waals surface area contributed by atoms with Gasteiger partial charge in [0.2, 0.25) is 5.91 Å². The number of carbonyl (C=O) groups excluding carboxylic acids is 1. The van der Waals surface area contributed by atoms with Gasteiger partial charge >= 0.3 is 5.97 Å². The number of rotatable bonds is 6. The van der Waals surface area contributed by atoms with Gasteiger partial charge in [0, 0.05) is 32.6 Å². The van der Waals surface area contributed by atoms with Gasteiger partial charge in [-0.1, -0.05) is 0 Å². The van der Waals surface area contributed by atoms with Crippen LogP contribution in [0.5, 0.6) is 0 Å². The summed E-state index contributed by atoms with van der Waals surface area (Å²) >= 11 is 0. The molecular weight excluding hydrogens is 234 g/mol. The first-order valence-corrected chi connectivity index (χ1v) is 6.51. The molecule has 1 heterocycles. The normalized spacial score (nSPS) is 18.7. The topological polar surface area (TPSA) is 86.9 Å². The lowest BCUT2D eigenvalue weighted by Crippen LogP contribution is -2.53. The van der Waals surface area contributed by atoms with E-state index in [9.17, 15) is 9.59 Å². The number of nitrogens with zero attached hydrogens (tertiary/aromatic N) is 2. The fourth-order valence-electron chi connectivity index (χ4n) is 2.09. The van der Waals surface area contributed by atoms with Gasteiger partial charge in [-0.05, 0) is 26.3 Å². The number of carboxylic acids is 1. The summed E-state index contributed by atoms with van der Waals surface area (Å²) < 4.78 is 0. The van der Waals surface area contributed by atoms with Crippen molar-refractivity contribution in [2.45, 2.75) is 32.2 Å². The Bertz CT molecular complexity index is 288. The van der Waals surface area contributed by atoms with Crippen molar-refractivity contribution < 1.29 is 14.7 Å². The van der Waals surface area contributed by atoms with Crippen molar-refractivity contribution in [2.75, 3.05) is 32.7 Å². The van der Waals surface area contributed by atoms with E-state index in [0.717, 1.165) is 12.8 Å². The summed E-state index contributed by atoms with van der Waals surface area (Å²) in [6, 6.07) is -0.473. The molecule has 0 aromatic heterocycles. The van der Waals surface area contributed by atoms with Crippen LogP contribution in [0.4, 0.5) is 0 Å². The standard InChI is InChI=1S/C12H23N3O3/c1-10(12(17)18)14-6-8-15(9-7-14)11(16)4-2-3-5-13/h10H,2-9,13H2,1H3,(H,17,18). The second kappa shape index (κ2) is 7.33. The minimum absolute atomic E-state index is 0.158. The maximum atomic E-state index is 11.8. The van der Waals surface area contributed by atoms with Crippen LogP contribution in [0, 0.1) is 0 Å². The van der Waals surface area contributed by atoms with Gasteiger partial charge in [0.15, 0.2) is 0 Å². The molecule has 1 aliphatic heterocycles. The maximum absolute atomic E-state index is 11.8. The number of aliphatic carboxylic acids is 1. The van der Waals surface area contributed by atoms with E-state index in [1.807, 2.05) is 9.80 Å². The second-order valence-corrected chi connectivity index (χ2v) is 4.68. The minimum atomic E-state index is -0.808. The molecule has 3 N–H and O–H groups in total. The number of hydrogen-bond donors (Lipinski definition) is 2. The summed E-state index contributed by atoms with van der Waals surface area (Å²) in [7, 11) is 0. The summed E-state index contributed by atoms with van der Waals surface area (Å²) in [5.74, 6) is -0.649. The first kappa shape index (κ1) is 14.9. The number of unbranched alkanes of at least 4 members (excludes halogenated alkanes) is 1. The van der Waals surface area contributed by atoms with Crippen molar-refractivity contribution in [2.24, 2.45) is 5.73 Å². The molecular formula is C12H23N3O3. The SMILES string of the molecule is CC(C(=O)O)N1CCN(C(=O)CCCCN)CC1. The zero-order chi connectivity index (χ0) is 13.5. The Hall–Kier alpha value is -1.14. The van der Waals surface area contributed by atoms with Crippen LogP contribution >= 0.6 is 0 Å². The summed E-state index contributed by atoms with van der Waals surface area (Å²) in [6.45, 7) is 4.82. The largest absolute Gasteiger partial charge is 0.480 e. The van der Waals surface area contributed by atoms with Gasteiger partial charge in [0.1, 0.15) is 6.04 Å². The fraction of sp³-hybridized carbons (Fsp3) is 0.833. The second-order valence-electron chi connectivity index (χ2n) is 4.68. The monoisotopic (exact) mass is 257 g/mol. The molecule has 1 amide bonds. The molecule has 0 radical (unpaired) electrons. The van der Waals surface area contributed by atoms with Crippen LogP contribution in [0.3, 0.4) is 0 Å². The Morgan fingerprint density at radius 1 is 1.22 bits per heavy atom. The van der Waals surface area contributed by atoms with Gasteiger partial charge < -0.3 is 15.7 Å². The van der Waals surface area contributed by atoms with Crippen LogP contribution < -0.4 is 5.73 Å². The van der Waals surface area contributed by atoms with E-state index in [0.29, 0.717) is 39.1 Å². The van der Waals surface area contributed by atoms with Crippen LogP contribution in [0.1, 0.15) is 26.2 Å². The average Bonchev–Trinajstić information content (AvgIpc) is 2.38. The molecule has 0 spiro atoms. The quantitative estimate of drug-likeness (QED) is 0.640. The zero-order valence-electron chi connectivity index (χ0n) is 11.0. The van der Waals surface area contributed by atoms with E-state index in [-0.39, 0.29) is 5.91 Å². The first-order valence-electron chi connectivity index (χ1n) is 6.51. The van der Waals surface area contributed by atoms with E-state index in [2.05, 4.69) is 0 Å². The molecule has 6 nitrogen and oxygen atoms in total. The Labute approximate surface area is 108 Å². The van der Waals surface area contributed by atoms with Crippen LogP contribution in [0.25, 0.3) is 0 Å². The van der Waals surface area contributed by atoms with Crippen molar-refractivity contribution in [3.05, 3.63) is 0 Å². The van der Waals surface area contributed by atoms with Crippen molar-refractivity contribution >= 4 is 11.9 Å². The van der Waals surface area contributed by atoms with Crippen molar-refractivity contribution in [1.29, 1.82) is 0 Å².